The highest BCUT2D eigenvalue weighted by molar-refractivity contribution is 5.98. The van der Waals surface area contributed by atoms with E-state index in [9.17, 15) is 5.11 Å². The summed E-state index contributed by atoms with van der Waals surface area (Å²) in [5.74, 6) is 1.44. The minimum atomic E-state index is 0.0816. The van der Waals surface area contributed by atoms with Crippen LogP contribution in [0.3, 0.4) is 0 Å². The molecule has 0 aromatic heterocycles. The van der Waals surface area contributed by atoms with E-state index in [-0.39, 0.29) is 11.8 Å². The van der Waals surface area contributed by atoms with Gasteiger partial charge in [-0.05, 0) is 18.1 Å². The van der Waals surface area contributed by atoms with Crippen molar-refractivity contribution in [2.24, 2.45) is 10.9 Å². The number of nitrogens with zero attached hydrogens (tertiary/aromatic N) is 1. The van der Waals surface area contributed by atoms with Gasteiger partial charge in [0.25, 0.3) is 0 Å². The number of aliphatic imine (C=N–C) groups is 1. The molecule has 0 radical (unpaired) electrons. The van der Waals surface area contributed by atoms with Crippen LogP contribution in [0.2, 0.25) is 0 Å². The Hall–Kier alpha value is -1.71. The molecule has 0 bridgehead atoms. The second kappa shape index (κ2) is 4.65. The number of rotatable bonds is 3. The van der Waals surface area contributed by atoms with Crippen molar-refractivity contribution in [3.05, 3.63) is 23.8 Å². The number of para-hydroxylation sites is 1. The molecule has 0 amide bonds. The number of methoxy groups -OCH3 is 1. The monoisotopic (exact) mass is 235 g/mol. The highest BCUT2D eigenvalue weighted by Gasteiger charge is 2.25. The van der Waals surface area contributed by atoms with Crippen molar-refractivity contribution in [2.75, 3.05) is 13.7 Å². The minimum Gasteiger partial charge on any atom is -0.504 e. The van der Waals surface area contributed by atoms with Gasteiger partial charge in [-0.2, -0.15) is 0 Å². The number of ether oxygens (including phenoxy) is 2. The van der Waals surface area contributed by atoms with Crippen molar-refractivity contribution < 1.29 is 14.6 Å². The molecule has 92 valence electrons. The van der Waals surface area contributed by atoms with Gasteiger partial charge in [-0.15, -0.1) is 0 Å². The Kier molecular flexibility index (Phi) is 3.22. The molecule has 1 aliphatic heterocycles. The highest BCUT2D eigenvalue weighted by atomic mass is 16.5. The Balaban J connectivity index is 2.33. The summed E-state index contributed by atoms with van der Waals surface area (Å²) < 4.78 is 10.6. The van der Waals surface area contributed by atoms with E-state index >= 15 is 0 Å². The Labute approximate surface area is 101 Å². The van der Waals surface area contributed by atoms with Crippen LogP contribution in [0.15, 0.2) is 23.2 Å². The van der Waals surface area contributed by atoms with E-state index in [1.807, 2.05) is 6.07 Å². The second-order valence-corrected chi connectivity index (χ2v) is 4.41. The van der Waals surface area contributed by atoms with Gasteiger partial charge in [0.1, 0.15) is 6.61 Å². The number of benzene rings is 1. The molecular formula is C13H17NO3. The molecule has 1 aromatic carbocycles. The van der Waals surface area contributed by atoms with Gasteiger partial charge in [0.05, 0.1) is 18.7 Å². The summed E-state index contributed by atoms with van der Waals surface area (Å²) >= 11 is 0. The lowest BCUT2D eigenvalue weighted by molar-refractivity contribution is 0.290. The summed E-state index contributed by atoms with van der Waals surface area (Å²) in [7, 11) is 1.52. The first kappa shape index (κ1) is 11.8. The van der Waals surface area contributed by atoms with Crippen LogP contribution in [-0.4, -0.2) is 30.8 Å². The fraction of sp³-hybridized carbons (Fsp3) is 0.462. The second-order valence-electron chi connectivity index (χ2n) is 4.41. The lowest BCUT2D eigenvalue weighted by atomic mass is 10.1. The zero-order valence-corrected chi connectivity index (χ0v) is 10.3. The van der Waals surface area contributed by atoms with Crippen molar-refractivity contribution in [3.63, 3.8) is 0 Å². The van der Waals surface area contributed by atoms with Crippen molar-refractivity contribution >= 4 is 5.90 Å². The summed E-state index contributed by atoms with van der Waals surface area (Å²) in [6.07, 6.45) is 0. The van der Waals surface area contributed by atoms with Crippen LogP contribution in [0.25, 0.3) is 0 Å². The number of phenolic OH excluding ortho intramolecular Hbond substituents is 1. The van der Waals surface area contributed by atoms with E-state index in [0.717, 1.165) is 0 Å². The maximum absolute atomic E-state index is 9.99. The Bertz CT molecular complexity index is 440. The van der Waals surface area contributed by atoms with E-state index in [4.69, 9.17) is 9.47 Å². The number of hydrogen-bond donors (Lipinski definition) is 1. The molecular weight excluding hydrogens is 218 g/mol. The lowest BCUT2D eigenvalue weighted by Crippen LogP contribution is -2.13. The molecule has 4 nitrogen and oxygen atoms in total. The van der Waals surface area contributed by atoms with Crippen LogP contribution in [0.1, 0.15) is 19.4 Å². The molecule has 1 atom stereocenters. The zero-order chi connectivity index (χ0) is 12.4. The van der Waals surface area contributed by atoms with E-state index in [0.29, 0.717) is 29.7 Å². The van der Waals surface area contributed by atoms with Crippen LogP contribution in [0.5, 0.6) is 11.5 Å². The van der Waals surface area contributed by atoms with Crippen molar-refractivity contribution in [2.45, 2.75) is 19.9 Å². The van der Waals surface area contributed by atoms with Gasteiger partial charge in [-0.3, -0.25) is 0 Å². The third-order valence-electron chi connectivity index (χ3n) is 2.89. The van der Waals surface area contributed by atoms with Gasteiger partial charge < -0.3 is 14.6 Å². The summed E-state index contributed by atoms with van der Waals surface area (Å²) in [4.78, 5) is 4.47. The third kappa shape index (κ3) is 2.20. The molecule has 0 aliphatic carbocycles. The van der Waals surface area contributed by atoms with Crippen molar-refractivity contribution in [1.29, 1.82) is 0 Å². The normalized spacial score (nSPS) is 19.1. The number of phenols is 1. The Morgan fingerprint density at radius 2 is 2.24 bits per heavy atom. The fourth-order valence-electron chi connectivity index (χ4n) is 1.74. The van der Waals surface area contributed by atoms with E-state index in [2.05, 4.69) is 18.8 Å². The first-order chi connectivity index (χ1) is 8.13. The molecule has 0 fully saturated rings. The Morgan fingerprint density at radius 1 is 1.47 bits per heavy atom. The molecule has 1 aliphatic rings. The fourth-order valence-corrected chi connectivity index (χ4v) is 1.74. The van der Waals surface area contributed by atoms with Crippen molar-refractivity contribution in [3.8, 4) is 11.5 Å². The predicted octanol–water partition coefficient (Wildman–Crippen LogP) is 2.20. The molecule has 4 heteroatoms. The summed E-state index contributed by atoms with van der Waals surface area (Å²) in [5.41, 5.74) is 0.590. The van der Waals surface area contributed by atoms with E-state index in [1.165, 1.54) is 7.11 Å². The van der Waals surface area contributed by atoms with Gasteiger partial charge in [0.15, 0.2) is 11.5 Å². The first-order valence-corrected chi connectivity index (χ1v) is 5.70. The van der Waals surface area contributed by atoms with Crippen LogP contribution < -0.4 is 4.74 Å². The van der Waals surface area contributed by atoms with E-state index < -0.39 is 0 Å². The largest absolute Gasteiger partial charge is 0.504 e. The maximum atomic E-state index is 9.99. The lowest BCUT2D eigenvalue weighted by Gasteiger charge is -2.07. The summed E-state index contributed by atoms with van der Waals surface area (Å²) in [6, 6.07) is 5.45. The number of aromatic hydroxyl groups is 1. The maximum Gasteiger partial charge on any atom is 0.220 e. The van der Waals surface area contributed by atoms with Crippen molar-refractivity contribution in [1.82, 2.24) is 0 Å². The van der Waals surface area contributed by atoms with Crippen LogP contribution in [0, 0.1) is 5.92 Å². The average molecular weight is 235 g/mol. The molecule has 0 spiro atoms. The smallest absolute Gasteiger partial charge is 0.220 e. The minimum absolute atomic E-state index is 0.0816. The SMILES string of the molecule is COc1cccc(C2=N[C@H](C(C)C)CO2)c1O. The summed E-state index contributed by atoms with van der Waals surface area (Å²) in [5, 5.41) is 9.99. The van der Waals surface area contributed by atoms with Gasteiger partial charge in [0, 0.05) is 0 Å². The molecule has 1 N–H and O–H groups in total. The van der Waals surface area contributed by atoms with Gasteiger partial charge in [-0.25, -0.2) is 4.99 Å². The third-order valence-corrected chi connectivity index (χ3v) is 2.89. The zero-order valence-electron chi connectivity index (χ0n) is 10.3. The quantitative estimate of drug-likeness (QED) is 0.873. The highest BCUT2D eigenvalue weighted by Crippen LogP contribution is 2.31. The first-order valence-electron chi connectivity index (χ1n) is 5.70. The van der Waals surface area contributed by atoms with Crippen LogP contribution >= 0.6 is 0 Å². The van der Waals surface area contributed by atoms with Crippen LogP contribution in [-0.2, 0) is 4.74 Å². The van der Waals surface area contributed by atoms with E-state index in [1.54, 1.807) is 12.1 Å². The molecule has 17 heavy (non-hydrogen) atoms. The molecule has 2 rings (SSSR count). The topological polar surface area (TPSA) is 51.0 Å². The average Bonchev–Trinajstić information content (AvgIpc) is 2.78. The molecule has 1 heterocycles. The molecule has 0 unspecified atom stereocenters. The molecule has 1 aromatic rings. The summed E-state index contributed by atoms with van der Waals surface area (Å²) in [6.45, 7) is 4.78. The van der Waals surface area contributed by atoms with Crippen LogP contribution in [0.4, 0.5) is 0 Å². The van der Waals surface area contributed by atoms with Gasteiger partial charge in [-0.1, -0.05) is 19.9 Å². The van der Waals surface area contributed by atoms with Gasteiger partial charge in [0.2, 0.25) is 5.90 Å². The standard InChI is InChI=1S/C13H17NO3/c1-8(2)10-7-17-13(14-10)9-5-4-6-11(16-3)12(9)15/h4-6,8,10,15H,7H2,1-3H3/t10-/m0/s1. The Morgan fingerprint density at radius 3 is 2.82 bits per heavy atom. The predicted molar refractivity (Wildman–Crippen MR) is 65.8 cm³/mol. The number of hydrogen-bond acceptors (Lipinski definition) is 4. The molecule has 0 saturated carbocycles. The van der Waals surface area contributed by atoms with Gasteiger partial charge >= 0.3 is 0 Å². The molecule has 0 saturated heterocycles.